The van der Waals surface area contributed by atoms with Crippen LogP contribution in [0.4, 0.5) is 0 Å². The van der Waals surface area contributed by atoms with Gasteiger partial charge in [-0.25, -0.2) is 0 Å². The van der Waals surface area contributed by atoms with Gasteiger partial charge in [0, 0.05) is 42.7 Å². The largest absolute Gasteiger partial charge is 0.454 e. The second kappa shape index (κ2) is 5.23. The molecule has 0 N–H and O–H groups in total. The van der Waals surface area contributed by atoms with Crippen LogP contribution in [0.5, 0.6) is 11.5 Å². The predicted octanol–water partition coefficient (Wildman–Crippen LogP) is 2.99. The lowest BCUT2D eigenvalue weighted by Crippen LogP contribution is -2.02. The third-order valence-electron chi connectivity index (χ3n) is 4.36. The zero-order valence-corrected chi connectivity index (χ0v) is 13.0. The maximum Gasteiger partial charge on any atom is 0.231 e. The average Bonchev–Trinajstić information content (AvgIpc) is 3.31. The van der Waals surface area contributed by atoms with Crippen molar-refractivity contribution in [2.24, 2.45) is 4.99 Å². The molecule has 0 atom stereocenters. The fraction of sp³-hybridized carbons (Fsp3) is 0.158. The summed E-state index contributed by atoms with van der Waals surface area (Å²) in [6.45, 7) is 0.980. The quantitative estimate of drug-likeness (QED) is 0.583. The molecule has 5 rings (SSSR count). The summed E-state index contributed by atoms with van der Waals surface area (Å²) in [5.74, 6) is 1.58. The number of ether oxygens (including phenoxy) is 2. The van der Waals surface area contributed by atoms with Gasteiger partial charge >= 0.3 is 0 Å². The molecule has 5 heteroatoms. The highest BCUT2D eigenvalue weighted by Gasteiger charge is 2.28. The van der Waals surface area contributed by atoms with E-state index in [1.54, 1.807) is 0 Å². The lowest BCUT2D eigenvalue weighted by atomic mass is 10.1. The Bertz CT molecular complexity index is 945. The number of rotatable bonds is 3. The summed E-state index contributed by atoms with van der Waals surface area (Å²) in [5, 5.41) is 0. The van der Waals surface area contributed by atoms with Gasteiger partial charge in [-0.15, -0.1) is 0 Å². The van der Waals surface area contributed by atoms with E-state index in [1.165, 1.54) is 0 Å². The number of nitrogens with zero attached hydrogens (tertiary/aromatic N) is 3. The Kier molecular flexibility index (Phi) is 2.91. The van der Waals surface area contributed by atoms with E-state index in [9.17, 15) is 0 Å². The Balaban J connectivity index is 1.52. The maximum absolute atomic E-state index is 5.52. The van der Waals surface area contributed by atoms with E-state index < -0.39 is 0 Å². The summed E-state index contributed by atoms with van der Waals surface area (Å²) in [6, 6.07) is 14.2. The third kappa shape index (κ3) is 2.01. The van der Waals surface area contributed by atoms with Crippen LogP contribution >= 0.6 is 0 Å². The number of benzene rings is 1. The molecule has 0 spiro atoms. The SMILES string of the molecule is c1ccc(CCN=C2c3cc4c(cc3-n3cccc32)OCO4)nc1. The topological polar surface area (TPSA) is 48.6 Å². The predicted molar refractivity (Wildman–Crippen MR) is 90.3 cm³/mol. The van der Waals surface area contributed by atoms with E-state index in [0.29, 0.717) is 6.54 Å². The highest BCUT2D eigenvalue weighted by Crippen LogP contribution is 2.40. The lowest BCUT2D eigenvalue weighted by molar-refractivity contribution is 0.174. The minimum atomic E-state index is 0.281. The molecule has 0 unspecified atom stereocenters. The lowest BCUT2D eigenvalue weighted by Gasteiger charge is -2.04. The van der Waals surface area contributed by atoms with E-state index in [1.807, 2.05) is 42.6 Å². The molecule has 1 aromatic carbocycles. The van der Waals surface area contributed by atoms with Crippen molar-refractivity contribution < 1.29 is 9.47 Å². The molecule has 0 fully saturated rings. The van der Waals surface area contributed by atoms with Crippen LogP contribution in [0.15, 0.2) is 59.9 Å². The van der Waals surface area contributed by atoms with Crippen LogP contribution in [0.25, 0.3) is 5.69 Å². The molecule has 0 amide bonds. The minimum absolute atomic E-state index is 0.281. The number of fused-ring (bicyclic) bond motifs is 4. The fourth-order valence-electron chi connectivity index (χ4n) is 3.24. The molecule has 2 aromatic heterocycles. The van der Waals surface area contributed by atoms with Gasteiger partial charge < -0.3 is 14.0 Å². The second-order valence-corrected chi connectivity index (χ2v) is 5.79. The monoisotopic (exact) mass is 317 g/mol. The van der Waals surface area contributed by atoms with E-state index in [0.717, 1.165) is 46.3 Å². The Morgan fingerprint density at radius 3 is 2.88 bits per heavy atom. The molecule has 0 aliphatic carbocycles. The number of aliphatic imine (C=N–C) groups is 1. The summed E-state index contributed by atoms with van der Waals surface area (Å²) in [7, 11) is 0. The minimum Gasteiger partial charge on any atom is -0.454 e. The van der Waals surface area contributed by atoms with E-state index in [-0.39, 0.29) is 6.79 Å². The molecule has 5 nitrogen and oxygen atoms in total. The molecule has 118 valence electrons. The third-order valence-corrected chi connectivity index (χ3v) is 4.36. The van der Waals surface area contributed by atoms with Gasteiger partial charge in [0.1, 0.15) is 0 Å². The van der Waals surface area contributed by atoms with Gasteiger partial charge in [0.25, 0.3) is 0 Å². The Morgan fingerprint density at radius 1 is 1.08 bits per heavy atom. The highest BCUT2D eigenvalue weighted by molar-refractivity contribution is 6.17. The Labute approximate surface area is 139 Å². The van der Waals surface area contributed by atoms with Crippen molar-refractivity contribution in [2.45, 2.75) is 6.42 Å². The molecule has 3 aromatic rings. The smallest absolute Gasteiger partial charge is 0.231 e. The van der Waals surface area contributed by atoms with Crippen molar-refractivity contribution in [1.82, 2.24) is 9.55 Å². The summed E-state index contributed by atoms with van der Waals surface area (Å²) in [5.41, 5.74) is 5.35. The van der Waals surface area contributed by atoms with Crippen molar-refractivity contribution in [3.8, 4) is 17.2 Å². The van der Waals surface area contributed by atoms with Crippen molar-refractivity contribution >= 4 is 5.71 Å². The van der Waals surface area contributed by atoms with Crippen LogP contribution in [0.3, 0.4) is 0 Å². The first-order valence-corrected chi connectivity index (χ1v) is 7.96. The molecule has 4 heterocycles. The average molecular weight is 317 g/mol. The number of pyridine rings is 1. The van der Waals surface area contributed by atoms with Gasteiger partial charge in [-0.2, -0.15) is 0 Å². The fourth-order valence-corrected chi connectivity index (χ4v) is 3.24. The number of hydrogen-bond acceptors (Lipinski definition) is 4. The Hall–Kier alpha value is -3.08. The highest BCUT2D eigenvalue weighted by atomic mass is 16.7. The van der Waals surface area contributed by atoms with E-state index in [4.69, 9.17) is 14.5 Å². The molecule has 2 aliphatic rings. The zero-order valence-electron chi connectivity index (χ0n) is 13.0. The van der Waals surface area contributed by atoms with Crippen LogP contribution < -0.4 is 9.47 Å². The van der Waals surface area contributed by atoms with Crippen LogP contribution in [0, 0.1) is 0 Å². The normalized spacial score (nSPS) is 15.6. The Morgan fingerprint density at radius 2 is 2.00 bits per heavy atom. The van der Waals surface area contributed by atoms with Crippen molar-refractivity contribution in [2.75, 3.05) is 13.3 Å². The first-order valence-electron chi connectivity index (χ1n) is 7.96. The molecule has 0 bridgehead atoms. The summed E-state index contributed by atoms with van der Waals surface area (Å²) in [4.78, 5) is 9.22. The van der Waals surface area contributed by atoms with Crippen LogP contribution in [-0.2, 0) is 6.42 Å². The van der Waals surface area contributed by atoms with Crippen molar-refractivity contribution in [1.29, 1.82) is 0 Å². The summed E-state index contributed by atoms with van der Waals surface area (Å²) >= 11 is 0. The maximum atomic E-state index is 5.52. The van der Waals surface area contributed by atoms with Crippen molar-refractivity contribution in [3.63, 3.8) is 0 Å². The van der Waals surface area contributed by atoms with E-state index in [2.05, 4.69) is 21.8 Å². The standard InChI is InChI=1S/C19H15N3O2/c1-2-7-20-13(4-1)6-8-21-19-14-10-17-18(24-12-23-17)11-16(14)22-9-3-5-15(19)22/h1-5,7,9-11H,6,8,12H2. The molecule has 0 radical (unpaired) electrons. The van der Waals surface area contributed by atoms with Gasteiger partial charge in [0.05, 0.1) is 17.1 Å². The number of aromatic nitrogens is 2. The van der Waals surface area contributed by atoms with Gasteiger partial charge in [0.15, 0.2) is 11.5 Å². The summed E-state index contributed by atoms with van der Waals surface area (Å²) < 4.78 is 13.2. The van der Waals surface area contributed by atoms with Gasteiger partial charge in [-0.05, 0) is 30.3 Å². The van der Waals surface area contributed by atoms with E-state index >= 15 is 0 Å². The van der Waals surface area contributed by atoms with Crippen LogP contribution in [-0.4, -0.2) is 28.6 Å². The molecule has 2 aliphatic heterocycles. The second-order valence-electron chi connectivity index (χ2n) is 5.79. The molecule has 0 saturated carbocycles. The first-order chi connectivity index (χ1) is 11.9. The number of hydrogen-bond donors (Lipinski definition) is 0. The molecule has 24 heavy (non-hydrogen) atoms. The van der Waals surface area contributed by atoms with Crippen LogP contribution in [0.1, 0.15) is 17.0 Å². The zero-order chi connectivity index (χ0) is 15.9. The molecule has 0 saturated heterocycles. The van der Waals surface area contributed by atoms with Gasteiger partial charge in [-0.3, -0.25) is 9.98 Å². The first kappa shape index (κ1) is 13.4. The van der Waals surface area contributed by atoms with Crippen molar-refractivity contribution in [3.05, 3.63) is 71.8 Å². The molecular weight excluding hydrogens is 302 g/mol. The van der Waals surface area contributed by atoms with Gasteiger partial charge in [-0.1, -0.05) is 6.07 Å². The van der Waals surface area contributed by atoms with Crippen LogP contribution in [0.2, 0.25) is 0 Å². The summed E-state index contributed by atoms with van der Waals surface area (Å²) in [6.07, 6.45) is 4.70. The molecular formula is C19H15N3O2. The van der Waals surface area contributed by atoms with Gasteiger partial charge in [0.2, 0.25) is 6.79 Å².